The van der Waals surface area contributed by atoms with E-state index in [2.05, 4.69) is 34.4 Å². The number of benzene rings is 1. The molecule has 140 valence electrons. The zero-order valence-corrected chi connectivity index (χ0v) is 15.8. The molecule has 1 aliphatic rings. The maximum atomic E-state index is 13.3. The lowest BCUT2D eigenvalue weighted by Gasteiger charge is -2.35. The van der Waals surface area contributed by atoms with E-state index in [1.807, 2.05) is 6.07 Å². The van der Waals surface area contributed by atoms with Crippen LogP contribution in [-0.2, 0) is 11.3 Å². The summed E-state index contributed by atoms with van der Waals surface area (Å²) in [7, 11) is 1.76. The molecule has 0 radical (unpaired) electrons. The predicted octanol–water partition coefficient (Wildman–Crippen LogP) is 2.30. The third kappa shape index (κ3) is 6.63. The Morgan fingerprint density at radius 2 is 2.00 bits per heavy atom. The van der Waals surface area contributed by atoms with Crippen molar-refractivity contribution in [3.8, 4) is 0 Å². The zero-order chi connectivity index (χ0) is 18.2. The molecule has 0 aliphatic carbocycles. The van der Waals surface area contributed by atoms with Gasteiger partial charge in [0.1, 0.15) is 5.82 Å². The van der Waals surface area contributed by atoms with Crippen molar-refractivity contribution in [2.75, 3.05) is 33.2 Å². The summed E-state index contributed by atoms with van der Waals surface area (Å²) < 4.78 is 19.1. The maximum absolute atomic E-state index is 13.3. The van der Waals surface area contributed by atoms with Crippen molar-refractivity contribution in [1.82, 2.24) is 15.5 Å². The molecule has 0 saturated carbocycles. The van der Waals surface area contributed by atoms with Gasteiger partial charge in [0.25, 0.3) is 0 Å². The van der Waals surface area contributed by atoms with Crippen LogP contribution in [0, 0.1) is 12.7 Å². The molecule has 1 aromatic rings. The Morgan fingerprint density at radius 1 is 1.28 bits per heavy atom. The Bertz CT molecular complexity index is 569. The molecule has 2 rings (SSSR count). The van der Waals surface area contributed by atoms with Crippen molar-refractivity contribution in [1.29, 1.82) is 0 Å². The van der Waals surface area contributed by atoms with Crippen LogP contribution in [0.5, 0.6) is 0 Å². The molecule has 2 N–H and O–H groups in total. The topological polar surface area (TPSA) is 48.9 Å². The van der Waals surface area contributed by atoms with Crippen molar-refractivity contribution in [2.24, 2.45) is 4.99 Å². The van der Waals surface area contributed by atoms with Crippen LogP contribution in [-0.4, -0.2) is 56.3 Å². The molecule has 6 heteroatoms. The number of hydrogen-bond acceptors (Lipinski definition) is 3. The third-order valence-corrected chi connectivity index (χ3v) is 4.34. The van der Waals surface area contributed by atoms with Crippen LogP contribution >= 0.6 is 0 Å². The van der Waals surface area contributed by atoms with Gasteiger partial charge in [-0.1, -0.05) is 12.1 Å². The van der Waals surface area contributed by atoms with E-state index in [1.165, 1.54) is 6.07 Å². The number of aliphatic imine (C=N–C) groups is 1. The average Bonchev–Trinajstić information content (AvgIpc) is 2.56. The van der Waals surface area contributed by atoms with Gasteiger partial charge >= 0.3 is 0 Å². The minimum atomic E-state index is -0.169. The van der Waals surface area contributed by atoms with E-state index in [-0.39, 0.29) is 5.82 Å². The molecule has 0 bridgehead atoms. The van der Waals surface area contributed by atoms with Crippen molar-refractivity contribution in [3.05, 3.63) is 35.1 Å². The van der Waals surface area contributed by atoms with Gasteiger partial charge in [-0.15, -0.1) is 0 Å². The van der Waals surface area contributed by atoms with Gasteiger partial charge in [-0.2, -0.15) is 0 Å². The minimum absolute atomic E-state index is 0.169. The highest BCUT2D eigenvalue weighted by Crippen LogP contribution is 2.10. The fourth-order valence-electron chi connectivity index (χ4n) is 3.20. The number of morpholine rings is 1. The van der Waals surface area contributed by atoms with Crippen molar-refractivity contribution >= 4 is 5.96 Å². The number of ether oxygens (including phenoxy) is 1. The van der Waals surface area contributed by atoms with Crippen molar-refractivity contribution < 1.29 is 9.13 Å². The van der Waals surface area contributed by atoms with Gasteiger partial charge in [-0.25, -0.2) is 4.39 Å². The van der Waals surface area contributed by atoms with Gasteiger partial charge in [-0.05, 0) is 44.4 Å². The molecule has 0 spiro atoms. The number of halogens is 1. The van der Waals surface area contributed by atoms with Crippen LogP contribution in [0.15, 0.2) is 23.2 Å². The lowest BCUT2D eigenvalue weighted by Crippen LogP contribution is -2.46. The van der Waals surface area contributed by atoms with Gasteiger partial charge in [0.05, 0.1) is 12.2 Å². The second-order valence-corrected chi connectivity index (χ2v) is 6.81. The van der Waals surface area contributed by atoms with Crippen LogP contribution in [0.3, 0.4) is 0 Å². The lowest BCUT2D eigenvalue weighted by atomic mass is 10.1. The normalized spacial score (nSPS) is 22.0. The van der Waals surface area contributed by atoms with E-state index in [0.29, 0.717) is 24.3 Å². The maximum Gasteiger partial charge on any atom is 0.191 e. The van der Waals surface area contributed by atoms with E-state index in [1.54, 1.807) is 20.0 Å². The first kappa shape index (κ1) is 19.7. The predicted molar refractivity (Wildman–Crippen MR) is 100 cm³/mol. The summed E-state index contributed by atoms with van der Waals surface area (Å²) in [5.74, 6) is 0.601. The highest BCUT2D eigenvalue weighted by Gasteiger charge is 2.21. The number of guanidine groups is 1. The SMILES string of the molecule is CN=C(NCCCN1CC(C)OC(C)C1)NCc1ccc(F)c(C)c1. The summed E-state index contributed by atoms with van der Waals surface area (Å²) in [4.78, 5) is 6.69. The first-order valence-electron chi connectivity index (χ1n) is 9.05. The Labute approximate surface area is 150 Å². The summed E-state index contributed by atoms with van der Waals surface area (Å²) in [6, 6.07) is 5.16. The van der Waals surface area contributed by atoms with Gasteiger partial charge < -0.3 is 15.4 Å². The van der Waals surface area contributed by atoms with Gasteiger partial charge in [0.2, 0.25) is 0 Å². The molecule has 2 atom stereocenters. The zero-order valence-electron chi connectivity index (χ0n) is 15.8. The molecule has 1 saturated heterocycles. The Morgan fingerprint density at radius 3 is 2.64 bits per heavy atom. The summed E-state index contributed by atoms with van der Waals surface area (Å²) in [6.07, 6.45) is 1.67. The van der Waals surface area contributed by atoms with Crippen molar-refractivity contribution in [3.63, 3.8) is 0 Å². The molecule has 25 heavy (non-hydrogen) atoms. The second-order valence-electron chi connectivity index (χ2n) is 6.81. The molecular weight excluding hydrogens is 319 g/mol. The molecule has 0 amide bonds. The first-order chi connectivity index (χ1) is 12.0. The summed E-state index contributed by atoms with van der Waals surface area (Å²) >= 11 is 0. The van der Waals surface area contributed by atoms with Crippen LogP contribution in [0.1, 0.15) is 31.4 Å². The summed E-state index contributed by atoms with van der Waals surface area (Å²) in [5, 5.41) is 6.60. The standard InChI is InChI=1S/C19H31FN4O/c1-14-10-17(6-7-18(14)20)11-23-19(21-4)22-8-5-9-24-12-15(2)25-16(3)13-24/h6-7,10,15-16H,5,8-9,11-13H2,1-4H3,(H2,21,22,23). The van der Waals surface area contributed by atoms with E-state index in [4.69, 9.17) is 4.74 Å². The second kappa shape index (κ2) is 9.73. The van der Waals surface area contributed by atoms with Crippen LogP contribution in [0.2, 0.25) is 0 Å². The highest BCUT2D eigenvalue weighted by atomic mass is 19.1. The molecule has 5 nitrogen and oxygen atoms in total. The van der Waals surface area contributed by atoms with Gasteiger partial charge in [-0.3, -0.25) is 9.89 Å². The summed E-state index contributed by atoms with van der Waals surface area (Å²) in [6.45, 7) is 10.6. The Hall–Kier alpha value is -1.66. The van der Waals surface area contributed by atoms with Crippen LogP contribution in [0.25, 0.3) is 0 Å². The molecule has 1 aliphatic heterocycles. The number of hydrogen-bond donors (Lipinski definition) is 2. The summed E-state index contributed by atoms with van der Waals surface area (Å²) in [5.41, 5.74) is 1.70. The monoisotopic (exact) mass is 350 g/mol. The van der Waals surface area contributed by atoms with Crippen LogP contribution < -0.4 is 10.6 Å². The molecule has 1 aromatic carbocycles. The van der Waals surface area contributed by atoms with E-state index < -0.39 is 0 Å². The molecular formula is C19H31FN4O. The Balaban J connectivity index is 1.67. The quantitative estimate of drug-likeness (QED) is 0.470. The number of rotatable bonds is 6. The number of aryl methyl sites for hydroxylation is 1. The van der Waals surface area contributed by atoms with E-state index >= 15 is 0 Å². The average molecular weight is 350 g/mol. The number of nitrogens with zero attached hydrogens (tertiary/aromatic N) is 2. The van der Waals surface area contributed by atoms with Crippen LogP contribution in [0.4, 0.5) is 4.39 Å². The third-order valence-electron chi connectivity index (χ3n) is 4.34. The minimum Gasteiger partial charge on any atom is -0.373 e. The van der Waals surface area contributed by atoms with Crippen molar-refractivity contribution in [2.45, 2.75) is 45.9 Å². The molecule has 1 heterocycles. The smallest absolute Gasteiger partial charge is 0.191 e. The molecule has 1 fully saturated rings. The van der Waals surface area contributed by atoms with Gasteiger partial charge in [0, 0.05) is 39.8 Å². The number of nitrogens with one attached hydrogen (secondary N) is 2. The largest absolute Gasteiger partial charge is 0.373 e. The van der Waals surface area contributed by atoms with E-state index in [9.17, 15) is 4.39 Å². The van der Waals surface area contributed by atoms with Gasteiger partial charge in [0.15, 0.2) is 5.96 Å². The fourth-order valence-corrected chi connectivity index (χ4v) is 3.20. The highest BCUT2D eigenvalue weighted by molar-refractivity contribution is 5.79. The molecule has 2 unspecified atom stereocenters. The van der Waals surface area contributed by atoms with E-state index in [0.717, 1.165) is 44.1 Å². The fraction of sp³-hybridized carbons (Fsp3) is 0.632. The molecule has 0 aromatic heterocycles. The Kier molecular flexibility index (Phi) is 7.65. The lowest BCUT2D eigenvalue weighted by molar-refractivity contribution is -0.0679. The first-order valence-corrected chi connectivity index (χ1v) is 9.05.